The van der Waals surface area contributed by atoms with E-state index in [1.165, 1.54) is 25.7 Å². The Labute approximate surface area is 108 Å². The van der Waals surface area contributed by atoms with Crippen molar-refractivity contribution in [2.75, 3.05) is 25.1 Å². The highest BCUT2D eigenvalue weighted by atomic mass is 16.3. The minimum Gasteiger partial charge on any atom is -0.395 e. The van der Waals surface area contributed by atoms with E-state index in [1.807, 2.05) is 19.4 Å². The summed E-state index contributed by atoms with van der Waals surface area (Å²) in [5.41, 5.74) is 1.08. The molecule has 0 spiro atoms. The Balaban J connectivity index is 2.09. The lowest BCUT2D eigenvalue weighted by atomic mass is 10.2. The number of nitrogens with one attached hydrogen (secondary N) is 1. The largest absolute Gasteiger partial charge is 0.395 e. The van der Waals surface area contributed by atoms with E-state index in [4.69, 9.17) is 0 Å². The summed E-state index contributed by atoms with van der Waals surface area (Å²) in [7, 11) is 1.91. The molecule has 0 aliphatic heterocycles. The lowest BCUT2D eigenvalue weighted by Crippen LogP contribution is -2.37. The topological polar surface area (TPSA) is 61.3 Å². The van der Waals surface area contributed by atoms with Crippen LogP contribution in [0.4, 0.5) is 5.95 Å². The number of nitrogens with zero attached hydrogens (tertiary/aromatic N) is 3. The lowest BCUT2D eigenvalue weighted by molar-refractivity contribution is 0.296. The fourth-order valence-corrected chi connectivity index (χ4v) is 2.56. The third-order valence-corrected chi connectivity index (χ3v) is 3.44. The van der Waals surface area contributed by atoms with Gasteiger partial charge >= 0.3 is 0 Å². The molecule has 1 aliphatic rings. The highest BCUT2D eigenvalue weighted by molar-refractivity contribution is 5.32. The average molecular weight is 250 g/mol. The summed E-state index contributed by atoms with van der Waals surface area (Å²) >= 11 is 0. The Morgan fingerprint density at radius 3 is 2.56 bits per heavy atom. The van der Waals surface area contributed by atoms with Crippen LogP contribution in [0.25, 0.3) is 0 Å². The predicted octanol–water partition coefficient (Wildman–Crippen LogP) is 0.937. The van der Waals surface area contributed by atoms with E-state index < -0.39 is 0 Å². The summed E-state index contributed by atoms with van der Waals surface area (Å²) in [5, 5.41) is 12.3. The molecule has 1 saturated carbocycles. The molecule has 0 saturated heterocycles. The van der Waals surface area contributed by atoms with Crippen molar-refractivity contribution >= 4 is 5.95 Å². The van der Waals surface area contributed by atoms with Gasteiger partial charge < -0.3 is 15.3 Å². The Kier molecular flexibility index (Phi) is 4.90. The predicted molar refractivity (Wildman–Crippen MR) is 71.5 cm³/mol. The molecule has 1 aliphatic carbocycles. The van der Waals surface area contributed by atoms with Crippen LogP contribution in [-0.4, -0.2) is 41.3 Å². The molecule has 2 rings (SSSR count). The fraction of sp³-hybridized carbons (Fsp3) is 0.692. The van der Waals surface area contributed by atoms with Gasteiger partial charge in [0.15, 0.2) is 0 Å². The number of hydrogen-bond acceptors (Lipinski definition) is 5. The van der Waals surface area contributed by atoms with Crippen molar-refractivity contribution in [2.45, 2.75) is 38.3 Å². The molecule has 1 fully saturated rings. The van der Waals surface area contributed by atoms with Crippen LogP contribution in [0, 0.1) is 0 Å². The number of aliphatic hydroxyl groups excluding tert-OH is 1. The number of aromatic nitrogens is 2. The standard InChI is InChI=1S/C13H22N4O/c1-14-8-11-9-15-13(16-10-11)17(6-7-18)12-4-2-3-5-12/h9-10,12,14,18H,2-8H2,1H3. The molecule has 1 heterocycles. The molecular formula is C13H22N4O. The van der Waals surface area contributed by atoms with Crippen molar-refractivity contribution in [2.24, 2.45) is 0 Å². The van der Waals surface area contributed by atoms with E-state index in [2.05, 4.69) is 20.2 Å². The molecule has 0 atom stereocenters. The number of hydrogen-bond donors (Lipinski definition) is 2. The van der Waals surface area contributed by atoms with Gasteiger partial charge in [-0.05, 0) is 19.9 Å². The van der Waals surface area contributed by atoms with E-state index in [9.17, 15) is 5.11 Å². The minimum absolute atomic E-state index is 0.151. The molecule has 1 aromatic rings. The zero-order valence-corrected chi connectivity index (χ0v) is 11.0. The Hall–Kier alpha value is -1.20. The molecule has 5 nitrogen and oxygen atoms in total. The summed E-state index contributed by atoms with van der Waals surface area (Å²) < 4.78 is 0. The van der Waals surface area contributed by atoms with Crippen LogP contribution in [0.15, 0.2) is 12.4 Å². The maximum atomic E-state index is 9.19. The molecule has 0 bridgehead atoms. The third-order valence-electron chi connectivity index (χ3n) is 3.44. The van der Waals surface area contributed by atoms with Crippen molar-refractivity contribution in [3.8, 4) is 0 Å². The minimum atomic E-state index is 0.151. The molecule has 18 heavy (non-hydrogen) atoms. The summed E-state index contributed by atoms with van der Waals surface area (Å²) in [6, 6.07) is 0.493. The van der Waals surface area contributed by atoms with Crippen LogP contribution in [0.3, 0.4) is 0 Å². The molecule has 5 heteroatoms. The molecule has 0 amide bonds. The quantitative estimate of drug-likeness (QED) is 0.786. The first-order valence-corrected chi connectivity index (χ1v) is 6.68. The van der Waals surface area contributed by atoms with Gasteiger partial charge in [-0.1, -0.05) is 12.8 Å². The second kappa shape index (κ2) is 6.66. The summed E-state index contributed by atoms with van der Waals surface area (Å²) in [4.78, 5) is 11.0. The van der Waals surface area contributed by atoms with Gasteiger partial charge in [0, 0.05) is 37.1 Å². The zero-order chi connectivity index (χ0) is 12.8. The van der Waals surface area contributed by atoms with Gasteiger partial charge in [0.2, 0.25) is 5.95 Å². The van der Waals surface area contributed by atoms with Crippen LogP contribution >= 0.6 is 0 Å². The normalized spacial score (nSPS) is 16.1. The summed E-state index contributed by atoms with van der Waals surface area (Å²) in [6.45, 7) is 1.55. The van der Waals surface area contributed by atoms with Crippen molar-refractivity contribution in [1.82, 2.24) is 15.3 Å². The average Bonchev–Trinajstić information content (AvgIpc) is 2.91. The number of anilines is 1. The zero-order valence-electron chi connectivity index (χ0n) is 11.0. The highest BCUT2D eigenvalue weighted by Gasteiger charge is 2.24. The molecular weight excluding hydrogens is 228 g/mol. The number of rotatable bonds is 6. The van der Waals surface area contributed by atoms with E-state index in [-0.39, 0.29) is 6.61 Å². The molecule has 0 unspecified atom stereocenters. The second-order valence-electron chi connectivity index (χ2n) is 4.78. The maximum absolute atomic E-state index is 9.19. The first kappa shape index (κ1) is 13.2. The van der Waals surface area contributed by atoms with Crippen LogP contribution in [0.2, 0.25) is 0 Å². The van der Waals surface area contributed by atoms with Gasteiger partial charge in [0.05, 0.1) is 6.61 Å². The summed E-state index contributed by atoms with van der Waals surface area (Å²) in [5.74, 6) is 0.746. The Morgan fingerprint density at radius 2 is 2.00 bits per heavy atom. The van der Waals surface area contributed by atoms with Gasteiger partial charge in [-0.3, -0.25) is 0 Å². The SMILES string of the molecule is CNCc1cnc(N(CCO)C2CCCC2)nc1. The molecule has 2 N–H and O–H groups in total. The maximum Gasteiger partial charge on any atom is 0.225 e. The van der Waals surface area contributed by atoms with Crippen LogP contribution < -0.4 is 10.2 Å². The van der Waals surface area contributed by atoms with E-state index in [0.29, 0.717) is 12.6 Å². The van der Waals surface area contributed by atoms with Gasteiger partial charge in [-0.15, -0.1) is 0 Å². The molecule has 1 aromatic heterocycles. The first-order valence-electron chi connectivity index (χ1n) is 6.68. The fourth-order valence-electron chi connectivity index (χ4n) is 2.56. The van der Waals surface area contributed by atoms with E-state index in [1.54, 1.807) is 0 Å². The first-order chi connectivity index (χ1) is 8.85. The number of aliphatic hydroxyl groups is 1. The van der Waals surface area contributed by atoms with Crippen molar-refractivity contribution in [1.29, 1.82) is 0 Å². The van der Waals surface area contributed by atoms with Crippen LogP contribution in [-0.2, 0) is 6.54 Å². The Bertz CT molecular complexity index is 349. The van der Waals surface area contributed by atoms with E-state index in [0.717, 1.165) is 18.1 Å². The Morgan fingerprint density at radius 1 is 1.33 bits per heavy atom. The van der Waals surface area contributed by atoms with Gasteiger partial charge in [0.1, 0.15) is 0 Å². The molecule has 0 aromatic carbocycles. The smallest absolute Gasteiger partial charge is 0.225 e. The van der Waals surface area contributed by atoms with E-state index >= 15 is 0 Å². The van der Waals surface area contributed by atoms with Crippen molar-refractivity contribution < 1.29 is 5.11 Å². The van der Waals surface area contributed by atoms with Crippen molar-refractivity contribution in [3.63, 3.8) is 0 Å². The van der Waals surface area contributed by atoms with Gasteiger partial charge in [-0.2, -0.15) is 0 Å². The lowest BCUT2D eigenvalue weighted by Gasteiger charge is -2.28. The highest BCUT2D eigenvalue weighted by Crippen LogP contribution is 2.25. The molecule has 0 radical (unpaired) electrons. The second-order valence-corrected chi connectivity index (χ2v) is 4.78. The van der Waals surface area contributed by atoms with Crippen LogP contribution in [0.5, 0.6) is 0 Å². The third kappa shape index (κ3) is 3.17. The van der Waals surface area contributed by atoms with Gasteiger partial charge in [-0.25, -0.2) is 9.97 Å². The monoisotopic (exact) mass is 250 g/mol. The van der Waals surface area contributed by atoms with Crippen LogP contribution in [0.1, 0.15) is 31.2 Å². The molecule has 100 valence electrons. The van der Waals surface area contributed by atoms with Crippen molar-refractivity contribution in [3.05, 3.63) is 18.0 Å². The van der Waals surface area contributed by atoms with Gasteiger partial charge in [0.25, 0.3) is 0 Å². The summed E-state index contributed by atoms with van der Waals surface area (Å²) in [6.07, 6.45) is 8.62.